The molecule has 0 aliphatic rings. The SMILES string of the molecule is Cc1cc(C(C)(C)c2cc(C)c(Oc3ccc(OC(=O)CCC(=O)O)cc3)c(C)c2)cc(C)c1Oc1ccc(OC(=O)CCC(=O)O)cc1. The van der Waals surface area contributed by atoms with Gasteiger partial charge in [0.15, 0.2) is 0 Å². The smallest absolute Gasteiger partial charge is 0.311 e. The molecule has 0 bridgehead atoms. The molecule has 0 amide bonds. The Bertz CT molecular complexity index is 1670. The van der Waals surface area contributed by atoms with Crippen molar-refractivity contribution >= 4 is 23.9 Å². The largest absolute Gasteiger partial charge is 0.481 e. The number of carbonyl (C=O) groups is 4. The number of carboxylic acids is 2. The highest BCUT2D eigenvalue weighted by Gasteiger charge is 2.27. The predicted octanol–water partition coefficient (Wildman–Crippen LogP) is 8.37. The van der Waals surface area contributed by atoms with E-state index in [0.29, 0.717) is 23.0 Å². The minimum Gasteiger partial charge on any atom is -0.481 e. The Hall–Kier alpha value is -5.64. The average Bonchev–Trinajstić information content (AvgIpc) is 3.04. The zero-order valence-corrected chi connectivity index (χ0v) is 28.4. The molecule has 4 aromatic carbocycles. The summed E-state index contributed by atoms with van der Waals surface area (Å²) in [6.45, 7) is 12.3. The molecule has 0 heterocycles. The number of aliphatic carboxylic acids is 2. The van der Waals surface area contributed by atoms with Gasteiger partial charge in [-0.05, 0) is 110 Å². The van der Waals surface area contributed by atoms with Crippen molar-refractivity contribution in [3.63, 3.8) is 0 Å². The molecule has 49 heavy (non-hydrogen) atoms. The van der Waals surface area contributed by atoms with Gasteiger partial charge >= 0.3 is 23.9 Å². The van der Waals surface area contributed by atoms with Gasteiger partial charge < -0.3 is 29.2 Å². The fraction of sp³-hybridized carbons (Fsp3) is 0.282. The Morgan fingerprint density at radius 1 is 0.510 bits per heavy atom. The fourth-order valence-electron chi connectivity index (χ4n) is 5.28. The number of hydrogen-bond acceptors (Lipinski definition) is 8. The Kier molecular flexibility index (Phi) is 11.5. The van der Waals surface area contributed by atoms with E-state index in [1.807, 2.05) is 27.7 Å². The number of hydrogen-bond donors (Lipinski definition) is 2. The van der Waals surface area contributed by atoms with E-state index in [1.54, 1.807) is 48.5 Å². The Labute approximate surface area is 285 Å². The number of rotatable bonds is 14. The van der Waals surface area contributed by atoms with Gasteiger partial charge in [0.25, 0.3) is 0 Å². The normalized spacial score (nSPS) is 11.1. The third kappa shape index (κ3) is 9.70. The molecule has 0 aromatic heterocycles. The van der Waals surface area contributed by atoms with Gasteiger partial charge in [0, 0.05) is 5.41 Å². The van der Waals surface area contributed by atoms with Crippen molar-refractivity contribution in [3.05, 3.63) is 106 Å². The van der Waals surface area contributed by atoms with Crippen molar-refractivity contribution < 1.29 is 48.3 Å². The zero-order chi connectivity index (χ0) is 35.9. The van der Waals surface area contributed by atoms with Crippen LogP contribution < -0.4 is 18.9 Å². The van der Waals surface area contributed by atoms with Crippen LogP contribution in [0, 0.1) is 27.7 Å². The highest BCUT2D eigenvalue weighted by Crippen LogP contribution is 2.40. The van der Waals surface area contributed by atoms with Gasteiger partial charge in [-0.2, -0.15) is 0 Å². The molecule has 0 spiro atoms. The van der Waals surface area contributed by atoms with Gasteiger partial charge in [0.2, 0.25) is 0 Å². The highest BCUT2D eigenvalue weighted by atomic mass is 16.5. The van der Waals surface area contributed by atoms with Gasteiger partial charge in [-0.25, -0.2) is 0 Å². The number of carboxylic acid groups (broad SMARTS) is 2. The zero-order valence-electron chi connectivity index (χ0n) is 28.4. The summed E-state index contributed by atoms with van der Waals surface area (Å²) >= 11 is 0. The number of esters is 2. The number of ether oxygens (including phenoxy) is 4. The van der Waals surface area contributed by atoms with E-state index in [-0.39, 0.29) is 31.1 Å². The molecule has 0 saturated carbocycles. The van der Waals surface area contributed by atoms with Crippen LogP contribution in [-0.2, 0) is 24.6 Å². The van der Waals surface area contributed by atoms with Crippen LogP contribution in [0.2, 0.25) is 0 Å². The molecule has 10 heteroatoms. The lowest BCUT2D eigenvalue weighted by Gasteiger charge is -2.29. The summed E-state index contributed by atoms with van der Waals surface area (Å²) in [7, 11) is 0. The Morgan fingerprint density at radius 2 is 0.796 bits per heavy atom. The quantitative estimate of drug-likeness (QED) is 0.0992. The summed E-state index contributed by atoms with van der Waals surface area (Å²) in [6, 6.07) is 21.7. The predicted molar refractivity (Wildman–Crippen MR) is 182 cm³/mol. The second-order valence-electron chi connectivity index (χ2n) is 12.4. The van der Waals surface area contributed by atoms with E-state index in [2.05, 4.69) is 38.1 Å². The summed E-state index contributed by atoms with van der Waals surface area (Å²) in [5, 5.41) is 17.5. The van der Waals surface area contributed by atoms with Crippen molar-refractivity contribution in [1.29, 1.82) is 0 Å². The monoisotopic (exact) mass is 668 g/mol. The first-order chi connectivity index (χ1) is 23.1. The standard InChI is InChI=1S/C39H40O10/c1-23-19-27(20-24(2)37(23)48-31-11-7-29(8-12-31)46-35(44)17-15-33(40)41)39(5,6)28-21-25(3)38(26(4)22-28)49-32-13-9-30(10-14-32)47-36(45)18-16-34(42)43/h7-14,19-22H,15-18H2,1-6H3,(H,40,41)(H,42,43). The maximum absolute atomic E-state index is 11.8. The van der Waals surface area contributed by atoms with Crippen molar-refractivity contribution in [2.75, 3.05) is 0 Å². The molecule has 4 rings (SSSR count). The summed E-state index contributed by atoms with van der Waals surface area (Å²) < 4.78 is 22.9. The molecule has 10 nitrogen and oxygen atoms in total. The third-order valence-corrected chi connectivity index (χ3v) is 8.00. The molecular formula is C39H40O10. The summed E-state index contributed by atoms with van der Waals surface area (Å²) in [4.78, 5) is 45.0. The lowest BCUT2D eigenvalue weighted by Crippen LogP contribution is -2.20. The minimum atomic E-state index is -1.06. The van der Waals surface area contributed by atoms with Crippen LogP contribution in [-0.4, -0.2) is 34.1 Å². The van der Waals surface area contributed by atoms with Gasteiger partial charge in [0.05, 0.1) is 25.7 Å². The van der Waals surface area contributed by atoms with Crippen LogP contribution in [0.15, 0.2) is 72.8 Å². The van der Waals surface area contributed by atoms with E-state index < -0.39 is 23.9 Å². The molecule has 256 valence electrons. The van der Waals surface area contributed by atoms with Crippen molar-refractivity contribution in [3.8, 4) is 34.5 Å². The molecule has 0 radical (unpaired) electrons. The molecule has 0 aliphatic carbocycles. The lowest BCUT2D eigenvalue weighted by atomic mass is 9.76. The van der Waals surface area contributed by atoms with Gasteiger partial charge in [0.1, 0.15) is 34.5 Å². The first-order valence-electron chi connectivity index (χ1n) is 15.8. The van der Waals surface area contributed by atoms with Crippen molar-refractivity contribution in [2.45, 2.75) is 72.6 Å². The van der Waals surface area contributed by atoms with Crippen LogP contribution in [0.25, 0.3) is 0 Å². The van der Waals surface area contributed by atoms with Crippen LogP contribution in [0.1, 0.15) is 72.9 Å². The van der Waals surface area contributed by atoms with Gasteiger partial charge in [-0.15, -0.1) is 0 Å². The first kappa shape index (κ1) is 36.2. The summed E-state index contributed by atoms with van der Waals surface area (Å²) in [6.07, 6.45) is -0.990. The maximum Gasteiger partial charge on any atom is 0.311 e. The summed E-state index contributed by atoms with van der Waals surface area (Å²) in [5.74, 6) is -0.147. The fourth-order valence-corrected chi connectivity index (χ4v) is 5.28. The lowest BCUT2D eigenvalue weighted by molar-refractivity contribution is -0.142. The first-order valence-corrected chi connectivity index (χ1v) is 15.8. The topological polar surface area (TPSA) is 146 Å². The Morgan fingerprint density at radius 3 is 1.08 bits per heavy atom. The number of carbonyl (C=O) groups excluding carboxylic acids is 2. The second-order valence-corrected chi connectivity index (χ2v) is 12.4. The van der Waals surface area contributed by atoms with Gasteiger partial charge in [-0.3, -0.25) is 19.2 Å². The molecule has 2 N–H and O–H groups in total. The molecule has 0 atom stereocenters. The minimum absolute atomic E-state index is 0.206. The van der Waals surface area contributed by atoms with Crippen LogP contribution in [0.4, 0.5) is 0 Å². The Balaban J connectivity index is 1.45. The van der Waals surface area contributed by atoms with E-state index >= 15 is 0 Å². The molecule has 4 aromatic rings. The molecule has 0 saturated heterocycles. The molecule has 0 unspecified atom stereocenters. The molecule has 0 aliphatic heterocycles. The summed E-state index contributed by atoms with van der Waals surface area (Å²) in [5.41, 5.74) is 5.68. The van der Waals surface area contributed by atoms with Crippen LogP contribution in [0.3, 0.4) is 0 Å². The van der Waals surface area contributed by atoms with Crippen LogP contribution in [0.5, 0.6) is 34.5 Å². The van der Waals surface area contributed by atoms with Crippen molar-refractivity contribution in [1.82, 2.24) is 0 Å². The average molecular weight is 669 g/mol. The molecule has 0 fully saturated rings. The van der Waals surface area contributed by atoms with E-state index in [0.717, 1.165) is 44.9 Å². The van der Waals surface area contributed by atoms with E-state index in [4.69, 9.17) is 29.2 Å². The maximum atomic E-state index is 11.8. The van der Waals surface area contributed by atoms with E-state index in [1.165, 1.54) is 0 Å². The second kappa shape index (κ2) is 15.5. The van der Waals surface area contributed by atoms with Crippen LogP contribution >= 0.6 is 0 Å². The molecular weight excluding hydrogens is 628 g/mol. The number of aryl methyl sites for hydroxylation is 4. The third-order valence-electron chi connectivity index (χ3n) is 8.00. The number of benzene rings is 4. The highest BCUT2D eigenvalue weighted by molar-refractivity contribution is 5.78. The van der Waals surface area contributed by atoms with Crippen molar-refractivity contribution in [2.24, 2.45) is 0 Å². The van der Waals surface area contributed by atoms with E-state index in [9.17, 15) is 19.2 Å². The van der Waals surface area contributed by atoms with Gasteiger partial charge in [-0.1, -0.05) is 38.1 Å².